The summed E-state index contributed by atoms with van der Waals surface area (Å²) in [4.78, 5) is 14.1. The summed E-state index contributed by atoms with van der Waals surface area (Å²) in [7, 11) is 0. The first-order valence-electron chi connectivity index (χ1n) is 6.19. The van der Waals surface area contributed by atoms with Gasteiger partial charge in [-0.3, -0.25) is 9.69 Å². The van der Waals surface area contributed by atoms with Crippen LogP contribution in [0.5, 0.6) is 0 Å². The average Bonchev–Trinajstić information content (AvgIpc) is 2.20. The molecule has 1 unspecified atom stereocenters. The fourth-order valence-electron chi connectivity index (χ4n) is 1.92. The van der Waals surface area contributed by atoms with Crippen LogP contribution in [-0.2, 0) is 4.79 Å². The Kier molecular flexibility index (Phi) is 4.32. The van der Waals surface area contributed by atoms with Crippen molar-refractivity contribution >= 4 is 5.78 Å². The van der Waals surface area contributed by atoms with Crippen molar-refractivity contribution in [2.45, 2.75) is 47.0 Å². The van der Waals surface area contributed by atoms with Crippen molar-refractivity contribution in [3.63, 3.8) is 0 Å². The maximum Gasteiger partial charge on any atom is 0.149 e. The molecule has 0 aromatic heterocycles. The molecule has 1 fully saturated rings. The van der Waals surface area contributed by atoms with Crippen molar-refractivity contribution in [1.29, 1.82) is 0 Å². The Balaban J connectivity index is 2.33. The zero-order chi connectivity index (χ0) is 11.5. The second-order valence-corrected chi connectivity index (χ2v) is 5.72. The van der Waals surface area contributed by atoms with Crippen LogP contribution in [0.2, 0.25) is 0 Å². The number of carbonyl (C=O) groups excluding carboxylic acids is 1. The molecule has 0 aromatic rings. The molecule has 1 heterocycles. The number of likely N-dealkylation sites (tertiary alicyclic amines) is 1. The molecule has 0 bridgehead atoms. The van der Waals surface area contributed by atoms with Crippen LogP contribution in [0.3, 0.4) is 0 Å². The van der Waals surface area contributed by atoms with Crippen LogP contribution >= 0.6 is 0 Å². The quantitative estimate of drug-likeness (QED) is 0.712. The molecule has 0 aliphatic carbocycles. The van der Waals surface area contributed by atoms with E-state index in [1.54, 1.807) is 0 Å². The van der Waals surface area contributed by atoms with Crippen molar-refractivity contribution in [2.75, 3.05) is 19.6 Å². The largest absolute Gasteiger partial charge is 0.298 e. The summed E-state index contributed by atoms with van der Waals surface area (Å²) in [5, 5.41) is 0. The smallest absolute Gasteiger partial charge is 0.149 e. The summed E-state index contributed by atoms with van der Waals surface area (Å²) < 4.78 is 0. The third-order valence-electron chi connectivity index (χ3n) is 3.75. The summed E-state index contributed by atoms with van der Waals surface area (Å²) in [6.45, 7) is 11.6. The number of Topliss-reactive ketones (excluding diaryl/α,β-unsaturated/α-hetero) is 1. The molecule has 0 amide bonds. The van der Waals surface area contributed by atoms with Gasteiger partial charge in [-0.1, -0.05) is 27.7 Å². The van der Waals surface area contributed by atoms with Gasteiger partial charge in [0, 0.05) is 5.92 Å². The molecule has 0 N–H and O–H groups in total. The first-order chi connectivity index (χ1) is 6.94. The lowest BCUT2D eigenvalue weighted by atomic mass is 9.82. The molecule has 1 atom stereocenters. The van der Waals surface area contributed by atoms with E-state index in [-0.39, 0.29) is 5.92 Å². The molecule has 1 aliphatic heterocycles. The van der Waals surface area contributed by atoms with E-state index in [2.05, 4.69) is 25.7 Å². The third kappa shape index (κ3) is 3.94. The van der Waals surface area contributed by atoms with Crippen molar-refractivity contribution in [1.82, 2.24) is 4.90 Å². The highest BCUT2D eigenvalue weighted by Crippen LogP contribution is 2.29. The molecule has 88 valence electrons. The summed E-state index contributed by atoms with van der Waals surface area (Å²) in [6, 6.07) is 0. The van der Waals surface area contributed by atoms with Gasteiger partial charge in [-0.2, -0.15) is 0 Å². The molecule has 2 nitrogen and oxygen atoms in total. The van der Waals surface area contributed by atoms with E-state index in [1.165, 1.54) is 12.8 Å². The molecule has 0 saturated carbocycles. The Labute approximate surface area is 94.0 Å². The molecule has 1 saturated heterocycles. The topological polar surface area (TPSA) is 20.3 Å². The number of rotatable bonds is 4. The first-order valence-corrected chi connectivity index (χ1v) is 6.19. The standard InChI is InChI=1S/C13H25NO/c1-5-11(2)12(15)10-14-8-6-13(3,4)7-9-14/h11H,5-10H2,1-4H3. The van der Waals surface area contributed by atoms with Gasteiger partial charge in [0.2, 0.25) is 0 Å². The summed E-state index contributed by atoms with van der Waals surface area (Å²) >= 11 is 0. The number of nitrogens with zero attached hydrogens (tertiary/aromatic N) is 1. The molecular formula is C13H25NO. The maximum atomic E-state index is 11.8. The zero-order valence-electron chi connectivity index (χ0n) is 10.7. The predicted molar refractivity (Wildman–Crippen MR) is 63.9 cm³/mol. The lowest BCUT2D eigenvalue weighted by Crippen LogP contribution is -2.41. The first kappa shape index (κ1) is 12.7. The second kappa shape index (κ2) is 5.11. The number of piperidine rings is 1. The van der Waals surface area contributed by atoms with Crippen LogP contribution in [0.1, 0.15) is 47.0 Å². The van der Waals surface area contributed by atoms with E-state index in [0.29, 0.717) is 17.7 Å². The van der Waals surface area contributed by atoms with Gasteiger partial charge in [-0.25, -0.2) is 0 Å². The number of hydrogen-bond donors (Lipinski definition) is 0. The van der Waals surface area contributed by atoms with E-state index >= 15 is 0 Å². The van der Waals surface area contributed by atoms with Crippen molar-refractivity contribution in [3.05, 3.63) is 0 Å². The highest BCUT2D eigenvalue weighted by molar-refractivity contribution is 5.82. The molecule has 2 heteroatoms. The zero-order valence-corrected chi connectivity index (χ0v) is 10.7. The van der Waals surface area contributed by atoms with Gasteiger partial charge in [0.15, 0.2) is 0 Å². The van der Waals surface area contributed by atoms with Crippen molar-refractivity contribution < 1.29 is 4.79 Å². The highest BCUT2D eigenvalue weighted by atomic mass is 16.1. The Morgan fingerprint density at radius 1 is 1.33 bits per heavy atom. The van der Waals surface area contributed by atoms with Gasteiger partial charge in [0.05, 0.1) is 6.54 Å². The van der Waals surface area contributed by atoms with Gasteiger partial charge in [0.25, 0.3) is 0 Å². The summed E-state index contributed by atoms with van der Waals surface area (Å²) in [5.74, 6) is 0.650. The number of ketones is 1. The normalized spacial score (nSPS) is 23.7. The van der Waals surface area contributed by atoms with Gasteiger partial charge < -0.3 is 0 Å². The summed E-state index contributed by atoms with van der Waals surface area (Å²) in [6.07, 6.45) is 3.42. The Morgan fingerprint density at radius 3 is 2.33 bits per heavy atom. The minimum Gasteiger partial charge on any atom is -0.298 e. The molecule has 1 rings (SSSR count). The monoisotopic (exact) mass is 211 g/mol. The fourth-order valence-corrected chi connectivity index (χ4v) is 1.92. The van der Waals surface area contributed by atoms with Crippen LogP contribution in [-0.4, -0.2) is 30.3 Å². The van der Waals surface area contributed by atoms with E-state index in [1.807, 2.05) is 6.92 Å². The minimum atomic E-state index is 0.236. The fraction of sp³-hybridized carbons (Fsp3) is 0.923. The molecular weight excluding hydrogens is 186 g/mol. The molecule has 0 spiro atoms. The van der Waals surface area contributed by atoms with Crippen LogP contribution in [0.4, 0.5) is 0 Å². The molecule has 0 aromatic carbocycles. The van der Waals surface area contributed by atoms with Crippen LogP contribution in [0.15, 0.2) is 0 Å². The molecule has 15 heavy (non-hydrogen) atoms. The van der Waals surface area contributed by atoms with Gasteiger partial charge in [-0.05, 0) is 37.8 Å². The van der Waals surface area contributed by atoms with Gasteiger partial charge in [0.1, 0.15) is 5.78 Å². The van der Waals surface area contributed by atoms with E-state index < -0.39 is 0 Å². The van der Waals surface area contributed by atoms with Gasteiger partial charge >= 0.3 is 0 Å². The Bertz CT molecular complexity index is 213. The van der Waals surface area contributed by atoms with Crippen molar-refractivity contribution in [2.24, 2.45) is 11.3 Å². The SMILES string of the molecule is CCC(C)C(=O)CN1CCC(C)(C)CC1. The predicted octanol–water partition coefficient (Wildman–Crippen LogP) is 2.72. The van der Waals surface area contributed by atoms with Crippen LogP contribution in [0.25, 0.3) is 0 Å². The second-order valence-electron chi connectivity index (χ2n) is 5.72. The van der Waals surface area contributed by atoms with Crippen molar-refractivity contribution in [3.8, 4) is 0 Å². The Hall–Kier alpha value is -0.370. The number of hydrogen-bond acceptors (Lipinski definition) is 2. The average molecular weight is 211 g/mol. The maximum absolute atomic E-state index is 11.8. The van der Waals surface area contributed by atoms with E-state index in [9.17, 15) is 4.79 Å². The number of carbonyl (C=O) groups is 1. The molecule has 1 aliphatic rings. The third-order valence-corrected chi connectivity index (χ3v) is 3.75. The minimum absolute atomic E-state index is 0.236. The highest BCUT2D eigenvalue weighted by Gasteiger charge is 2.26. The lowest BCUT2D eigenvalue weighted by Gasteiger charge is -2.36. The van der Waals surface area contributed by atoms with Crippen LogP contribution in [0, 0.1) is 11.3 Å². The molecule has 0 radical (unpaired) electrons. The summed E-state index contributed by atoms with van der Waals surface area (Å²) in [5.41, 5.74) is 0.482. The van der Waals surface area contributed by atoms with E-state index in [4.69, 9.17) is 0 Å². The van der Waals surface area contributed by atoms with Crippen LogP contribution < -0.4 is 0 Å². The van der Waals surface area contributed by atoms with E-state index in [0.717, 1.165) is 19.5 Å². The van der Waals surface area contributed by atoms with Gasteiger partial charge in [-0.15, -0.1) is 0 Å². The lowest BCUT2D eigenvalue weighted by molar-refractivity contribution is -0.124. The Morgan fingerprint density at radius 2 is 1.87 bits per heavy atom.